The number of anilines is 1. The molecule has 2 amide bonds. The third-order valence-corrected chi connectivity index (χ3v) is 5.49. The van der Waals surface area contributed by atoms with Gasteiger partial charge >= 0.3 is 0 Å². The van der Waals surface area contributed by atoms with E-state index in [-0.39, 0.29) is 24.8 Å². The highest BCUT2D eigenvalue weighted by molar-refractivity contribution is 7.17. The normalized spacial score (nSPS) is 13.4. The van der Waals surface area contributed by atoms with Crippen molar-refractivity contribution in [2.24, 2.45) is 5.73 Å². The predicted octanol–water partition coefficient (Wildman–Crippen LogP) is 3.19. The Hall–Kier alpha value is -2.16. The third-order valence-electron chi connectivity index (χ3n) is 4.36. The molecule has 28 heavy (non-hydrogen) atoms. The molecular weight excluding hydrogens is 405 g/mol. The van der Waals surface area contributed by atoms with E-state index >= 15 is 0 Å². The SMILES string of the molecule is CCCN1CCc2c(sc(NC(=O)COc3ccc(F)cc3)c2C(N)=O)C1.Cl. The van der Waals surface area contributed by atoms with Crippen LogP contribution in [0.5, 0.6) is 5.75 Å². The predicted molar refractivity (Wildman–Crippen MR) is 110 cm³/mol. The van der Waals surface area contributed by atoms with Crippen LogP contribution in [0, 0.1) is 5.82 Å². The summed E-state index contributed by atoms with van der Waals surface area (Å²) in [4.78, 5) is 27.6. The molecule has 152 valence electrons. The quantitative estimate of drug-likeness (QED) is 0.710. The Labute approximate surface area is 173 Å². The molecule has 3 N–H and O–H groups in total. The highest BCUT2D eigenvalue weighted by Crippen LogP contribution is 2.36. The van der Waals surface area contributed by atoms with Gasteiger partial charge in [0.05, 0.1) is 5.56 Å². The van der Waals surface area contributed by atoms with Crippen molar-refractivity contribution in [3.8, 4) is 5.75 Å². The molecule has 1 aliphatic heterocycles. The standard InChI is InChI=1S/C19H22FN3O3S.ClH/c1-2-8-23-9-7-14-15(10-23)27-19(17(14)18(21)25)22-16(24)11-26-13-5-3-12(20)4-6-13;/h3-6H,2,7-11H2,1H3,(H2,21,25)(H,22,24);1H. The summed E-state index contributed by atoms with van der Waals surface area (Å²) in [5.74, 6) is -0.918. The van der Waals surface area contributed by atoms with Gasteiger partial charge in [0.15, 0.2) is 6.61 Å². The summed E-state index contributed by atoms with van der Waals surface area (Å²) < 4.78 is 18.2. The molecule has 0 bridgehead atoms. The second-order valence-corrected chi connectivity index (χ2v) is 7.49. The number of halogens is 2. The molecule has 0 radical (unpaired) electrons. The van der Waals surface area contributed by atoms with Gasteiger partial charge in [-0.2, -0.15) is 0 Å². The highest BCUT2D eigenvalue weighted by Gasteiger charge is 2.27. The number of benzene rings is 1. The summed E-state index contributed by atoms with van der Waals surface area (Å²) in [6, 6.07) is 5.41. The number of amides is 2. The van der Waals surface area contributed by atoms with Crippen LogP contribution in [0.25, 0.3) is 0 Å². The fraction of sp³-hybridized carbons (Fsp3) is 0.368. The van der Waals surface area contributed by atoms with Crippen LogP contribution in [0.15, 0.2) is 24.3 Å². The van der Waals surface area contributed by atoms with E-state index in [2.05, 4.69) is 17.1 Å². The second-order valence-electron chi connectivity index (χ2n) is 6.39. The number of hydrogen-bond donors (Lipinski definition) is 2. The number of primary amides is 1. The maximum Gasteiger partial charge on any atom is 0.262 e. The van der Waals surface area contributed by atoms with E-state index in [1.807, 2.05) is 0 Å². The molecule has 1 aromatic heterocycles. The summed E-state index contributed by atoms with van der Waals surface area (Å²) >= 11 is 1.39. The van der Waals surface area contributed by atoms with Gasteiger partial charge in [0.1, 0.15) is 16.6 Å². The van der Waals surface area contributed by atoms with E-state index in [0.29, 0.717) is 16.3 Å². The van der Waals surface area contributed by atoms with Crippen molar-refractivity contribution in [3.63, 3.8) is 0 Å². The molecule has 0 saturated carbocycles. The van der Waals surface area contributed by atoms with Gasteiger partial charge < -0.3 is 15.8 Å². The average Bonchev–Trinajstić information content (AvgIpc) is 2.98. The Bertz CT molecular complexity index is 842. The van der Waals surface area contributed by atoms with Crippen LogP contribution in [-0.4, -0.2) is 36.4 Å². The van der Waals surface area contributed by atoms with Crippen molar-refractivity contribution in [1.29, 1.82) is 0 Å². The number of carbonyl (C=O) groups excluding carboxylic acids is 2. The zero-order valence-electron chi connectivity index (χ0n) is 15.5. The summed E-state index contributed by atoms with van der Waals surface area (Å²) in [7, 11) is 0. The van der Waals surface area contributed by atoms with Crippen LogP contribution in [0.2, 0.25) is 0 Å². The Morgan fingerprint density at radius 1 is 1.32 bits per heavy atom. The number of nitrogens with two attached hydrogens (primary N) is 1. The largest absolute Gasteiger partial charge is 0.484 e. The van der Waals surface area contributed by atoms with Gasteiger partial charge in [-0.3, -0.25) is 14.5 Å². The van der Waals surface area contributed by atoms with Gasteiger partial charge in [0, 0.05) is 18.0 Å². The number of rotatable bonds is 7. The fourth-order valence-corrected chi connectivity index (χ4v) is 4.47. The number of thiophene rings is 1. The van der Waals surface area contributed by atoms with Crippen LogP contribution in [0.3, 0.4) is 0 Å². The number of ether oxygens (including phenoxy) is 1. The molecular formula is C19H23ClFN3O3S. The Kier molecular flexibility index (Phi) is 7.79. The minimum Gasteiger partial charge on any atom is -0.484 e. The molecule has 0 atom stereocenters. The summed E-state index contributed by atoms with van der Waals surface area (Å²) in [5.41, 5.74) is 6.91. The van der Waals surface area contributed by atoms with Crippen LogP contribution >= 0.6 is 23.7 Å². The van der Waals surface area contributed by atoms with Crippen LogP contribution in [0.4, 0.5) is 9.39 Å². The average molecular weight is 428 g/mol. The van der Waals surface area contributed by atoms with Gasteiger partial charge in [0.2, 0.25) is 0 Å². The molecule has 0 aliphatic carbocycles. The number of nitrogens with one attached hydrogen (secondary N) is 1. The van der Waals surface area contributed by atoms with Crippen molar-refractivity contribution in [3.05, 3.63) is 46.1 Å². The minimum atomic E-state index is -0.536. The van der Waals surface area contributed by atoms with Gasteiger partial charge in [-0.1, -0.05) is 6.92 Å². The molecule has 0 saturated heterocycles. The molecule has 9 heteroatoms. The van der Waals surface area contributed by atoms with Gasteiger partial charge in [-0.15, -0.1) is 23.7 Å². The van der Waals surface area contributed by atoms with Crippen molar-refractivity contribution >= 4 is 40.6 Å². The van der Waals surface area contributed by atoms with E-state index in [9.17, 15) is 14.0 Å². The molecule has 2 aromatic rings. The lowest BCUT2D eigenvalue weighted by molar-refractivity contribution is -0.118. The first-order valence-corrected chi connectivity index (χ1v) is 9.64. The first-order valence-electron chi connectivity index (χ1n) is 8.82. The molecule has 1 aromatic carbocycles. The van der Waals surface area contributed by atoms with Crippen molar-refractivity contribution in [2.45, 2.75) is 26.3 Å². The van der Waals surface area contributed by atoms with Crippen LogP contribution in [-0.2, 0) is 17.8 Å². The molecule has 0 unspecified atom stereocenters. The monoisotopic (exact) mass is 427 g/mol. The number of carbonyl (C=O) groups is 2. The Balaban J connectivity index is 0.00000280. The van der Waals surface area contributed by atoms with Crippen LogP contribution < -0.4 is 15.8 Å². The zero-order valence-corrected chi connectivity index (χ0v) is 17.1. The summed E-state index contributed by atoms with van der Waals surface area (Å²) in [5, 5.41) is 3.21. The van der Waals surface area contributed by atoms with E-state index in [1.54, 1.807) is 0 Å². The highest BCUT2D eigenvalue weighted by atomic mass is 35.5. The van der Waals surface area contributed by atoms with Gasteiger partial charge in [-0.25, -0.2) is 4.39 Å². The molecule has 1 aliphatic rings. The topological polar surface area (TPSA) is 84.7 Å². The Morgan fingerprint density at radius 3 is 2.68 bits per heavy atom. The fourth-order valence-electron chi connectivity index (χ4n) is 3.15. The Morgan fingerprint density at radius 2 is 2.04 bits per heavy atom. The van der Waals surface area contributed by atoms with Crippen molar-refractivity contribution in [2.75, 3.05) is 25.0 Å². The first-order chi connectivity index (χ1) is 13.0. The summed E-state index contributed by atoms with van der Waals surface area (Å²) in [6.45, 7) is 4.52. The van der Waals surface area contributed by atoms with E-state index in [0.717, 1.165) is 42.9 Å². The molecule has 3 rings (SSSR count). The summed E-state index contributed by atoms with van der Waals surface area (Å²) in [6.07, 6.45) is 1.81. The molecule has 2 heterocycles. The van der Waals surface area contributed by atoms with Crippen molar-refractivity contribution < 1.29 is 18.7 Å². The van der Waals surface area contributed by atoms with Crippen LogP contribution in [0.1, 0.15) is 34.1 Å². The number of fused-ring (bicyclic) bond motifs is 1. The zero-order chi connectivity index (χ0) is 19.4. The van der Waals surface area contributed by atoms with Gasteiger partial charge in [0.25, 0.3) is 11.8 Å². The molecule has 0 fully saturated rings. The van der Waals surface area contributed by atoms with E-state index in [4.69, 9.17) is 10.5 Å². The first kappa shape index (κ1) is 22.1. The van der Waals surface area contributed by atoms with Crippen molar-refractivity contribution in [1.82, 2.24) is 4.90 Å². The molecule has 6 nitrogen and oxygen atoms in total. The maximum absolute atomic E-state index is 12.9. The van der Waals surface area contributed by atoms with E-state index < -0.39 is 11.8 Å². The maximum atomic E-state index is 12.9. The third kappa shape index (κ3) is 5.21. The minimum absolute atomic E-state index is 0. The van der Waals surface area contributed by atoms with E-state index in [1.165, 1.54) is 35.6 Å². The second kappa shape index (κ2) is 9.86. The van der Waals surface area contributed by atoms with Gasteiger partial charge in [-0.05, 0) is 49.2 Å². The lowest BCUT2D eigenvalue weighted by Gasteiger charge is -2.26. The number of nitrogens with zero attached hydrogens (tertiary/aromatic N) is 1. The lowest BCUT2D eigenvalue weighted by Crippen LogP contribution is -2.31. The molecule has 0 spiro atoms. The smallest absolute Gasteiger partial charge is 0.262 e. The number of hydrogen-bond acceptors (Lipinski definition) is 5. The lowest BCUT2D eigenvalue weighted by atomic mass is 10.0.